The number of isocyanates is 1. The topological polar surface area (TPSA) is 59.9 Å². The molecule has 1 N–H and O–H groups in total. The van der Waals surface area contributed by atoms with Crippen LogP contribution in [0.25, 0.3) is 0 Å². The second kappa shape index (κ2) is 6.92. The number of hydrogen-bond donors (Lipinski definition) is 1. The van der Waals surface area contributed by atoms with E-state index < -0.39 is 0 Å². The number of benzene rings is 1. The lowest BCUT2D eigenvalue weighted by Crippen LogP contribution is -2.37. The molecule has 0 saturated carbocycles. The van der Waals surface area contributed by atoms with Crippen molar-refractivity contribution < 1.29 is 14.3 Å². The minimum Gasteiger partial charge on any atom is -0.493 e. The van der Waals surface area contributed by atoms with E-state index in [4.69, 9.17) is 9.47 Å². The van der Waals surface area contributed by atoms with E-state index in [0.717, 1.165) is 31.5 Å². The normalized spacial score (nSPS) is 18.5. The van der Waals surface area contributed by atoms with Gasteiger partial charge in [-0.05, 0) is 37.1 Å². The number of piperidine rings is 1. The summed E-state index contributed by atoms with van der Waals surface area (Å²) < 4.78 is 11.3. The van der Waals surface area contributed by atoms with Gasteiger partial charge in [0, 0.05) is 6.54 Å². The highest BCUT2D eigenvalue weighted by atomic mass is 16.5. The number of carbonyl (C=O) groups excluding carboxylic acids is 1. The van der Waals surface area contributed by atoms with E-state index >= 15 is 0 Å². The first-order chi connectivity index (χ1) is 9.33. The average Bonchev–Trinajstić information content (AvgIpc) is 2.46. The molecule has 1 atom stereocenters. The summed E-state index contributed by atoms with van der Waals surface area (Å²) in [6.07, 6.45) is 3.85. The van der Waals surface area contributed by atoms with E-state index in [1.807, 2.05) is 18.2 Å². The zero-order valence-electron chi connectivity index (χ0n) is 11.0. The Kier molecular flexibility index (Phi) is 4.95. The summed E-state index contributed by atoms with van der Waals surface area (Å²) in [4.78, 5) is 13.7. The van der Waals surface area contributed by atoms with Crippen LogP contribution in [-0.2, 0) is 11.3 Å². The number of nitrogens with one attached hydrogen (secondary N) is 1. The van der Waals surface area contributed by atoms with E-state index in [9.17, 15) is 4.79 Å². The SMILES string of the molecule is COc1ccc(CN=C=O)cc1OC1CCCNC1. The maximum absolute atomic E-state index is 10.1. The van der Waals surface area contributed by atoms with Crippen LogP contribution in [0.2, 0.25) is 0 Å². The molecule has 1 fully saturated rings. The molecule has 0 amide bonds. The zero-order valence-corrected chi connectivity index (χ0v) is 11.0. The van der Waals surface area contributed by atoms with Gasteiger partial charge in [0.25, 0.3) is 0 Å². The largest absolute Gasteiger partial charge is 0.493 e. The van der Waals surface area contributed by atoms with Gasteiger partial charge < -0.3 is 14.8 Å². The highest BCUT2D eigenvalue weighted by Crippen LogP contribution is 2.30. The fourth-order valence-corrected chi connectivity index (χ4v) is 2.14. The first-order valence-electron chi connectivity index (χ1n) is 6.41. The first-order valence-corrected chi connectivity index (χ1v) is 6.41. The van der Waals surface area contributed by atoms with Crippen molar-refractivity contribution in [2.24, 2.45) is 4.99 Å². The van der Waals surface area contributed by atoms with Crippen LogP contribution >= 0.6 is 0 Å². The molecule has 2 rings (SSSR count). The van der Waals surface area contributed by atoms with Crippen molar-refractivity contribution in [1.29, 1.82) is 0 Å². The van der Waals surface area contributed by atoms with Crippen LogP contribution in [0.15, 0.2) is 23.2 Å². The molecular formula is C14H18N2O3. The zero-order chi connectivity index (χ0) is 13.5. The van der Waals surface area contributed by atoms with Gasteiger partial charge in [-0.3, -0.25) is 0 Å². The molecule has 0 radical (unpaired) electrons. The predicted octanol–water partition coefficient (Wildman–Crippen LogP) is 1.66. The maximum Gasteiger partial charge on any atom is 0.235 e. The number of aliphatic imine (C=N–C) groups is 1. The van der Waals surface area contributed by atoms with Crippen LogP contribution < -0.4 is 14.8 Å². The Morgan fingerprint density at radius 2 is 2.37 bits per heavy atom. The molecular weight excluding hydrogens is 244 g/mol. The average molecular weight is 262 g/mol. The molecule has 1 saturated heterocycles. The third-order valence-corrected chi connectivity index (χ3v) is 3.10. The quantitative estimate of drug-likeness (QED) is 0.647. The number of rotatable bonds is 5. The van der Waals surface area contributed by atoms with Gasteiger partial charge in [-0.25, -0.2) is 9.79 Å². The van der Waals surface area contributed by atoms with Gasteiger partial charge in [-0.15, -0.1) is 0 Å². The summed E-state index contributed by atoms with van der Waals surface area (Å²) >= 11 is 0. The Hall–Kier alpha value is -1.84. The fraction of sp³-hybridized carbons (Fsp3) is 0.500. The molecule has 1 unspecified atom stereocenters. The molecule has 1 aromatic rings. The van der Waals surface area contributed by atoms with E-state index in [-0.39, 0.29) is 6.10 Å². The molecule has 0 spiro atoms. The lowest BCUT2D eigenvalue weighted by atomic mass is 10.1. The maximum atomic E-state index is 10.1. The Morgan fingerprint density at radius 1 is 1.47 bits per heavy atom. The molecule has 5 heteroatoms. The van der Waals surface area contributed by atoms with Gasteiger partial charge in [0.05, 0.1) is 13.7 Å². The van der Waals surface area contributed by atoms with Gasteiger partial charge in [0.15, 0.2) is 11.5 Å². The minimum atomic E-state index is 0.160. The molecule has 102 valence electrons. The van der Waals surface area contributed by atoms with Gasteiger partial charge in [-0.2, -0.15) is 0 Å². The van der Waals surface area contributed by atoms with Crippen molar-refractivity contribution in [3.8, 4) is 11.5 Å². The van der Waals surface area contributed by atoms with Crippen LogP contribution in [0.3, 0.4) is 0 Å². The van der Waals surface area contributed by atoms with Crippen LogP contribution in [0.5, 0.6) is 11.5 Å². The smallest absolute Gasteiger partial charge is 0.235 e. The lowest BCUT2D eigenvalue weighted by molar-refractivity contribution is 0.161. The Morgan fingerprint density at radius 3 is 3.05 bits per heavy atom. The molecule has 19 heavy (non-hydrogen) atoms. The standard InChI is InChI=1S/C14H18N2O3/c1-18-13-5-4-11(8-16-10-17)7-14(13)19-12-3-2-6-15-9-12/h4-5,7,12,15H,2-3,6,8-9H2,1H3. The first kappa shape index (κ1) is 13.6. The summed E-state index contributed by atoms with van der Waals surface area (Å²) in [5, 5.41) is 3.31. The second-order valence-electron chi connectivity index (χ2n) is 4.48. The lowest BCUT2D eigenvalue weighted by Gasteiger charge is -2.25. The molecule has 0 aliphatic carbocycles. The molecule has 5 nitrogen and oxygen atoms in total. The van der Waals surface area contributed by atoms with Crippen LogP contribution in [0, 0.1) is 0 Å². The monoisotopic (exact) mass is 262 g/mol. The number of ether oxygens (including phenoxy) is 2. The summed E-state index contributed by atoms with van der Waals surface area (Å²) in [5.41, 5.74) is 0.905. The number of hydrogen-bond acceptors (Lipinski definition) is 5. The highest BCUT2D eigenvalue weighted by Gasteiger charge is 2.16. The van der Waals surface area contributed by atoms with Crippen molar-refractivity contribution >= 4 is 6.08 Å². The minimum absolute atomic E-state index is 0.160. The van der Waals surface area contributed by atoms with E-state index in [2.05, 4.69) is 10.3 Å². The molecule has 1 aromatic carbocycles. The number of methoxy groups -OCH3 is 1. The summed E-state index contributed by atoms with van der Waals surface area (Å²) in [6.45, 7) is 2.21. The van der Waals surface area contributed by atoms with Gasteiger partial charge in [0.2, 0.25) is 6.08 Å². The molecule has 0 bridgehead atoms. The molecule has 1 aliphatic heterocycles. The Bertz CT molecular complexity index is 464. The molecule has 1 aliphatic rings. The van der Waals surface area contributed by atoms with Crippen molar-refractivity contribution in [1.82, 2.24) is 5.32 Å². The summed E-state index contributed by atoms with van der Waals surface area (Å²) in [7, 11) is 1.62. The summed E-state index contributed by atoms with van der Waals surface area (Å²) in [6, 6.07) is 5.57. The predicted molar refractivity (Wildman–Crippen MR) is 71.3 cm³/mol. The van der Waals surface area contributed by atoms with Crippen molar-refractivity contribution in [2.75, 3.05) is 20.2 Å². The fourth-order valence-electron chi connectivity index (χ4n) is 2.14. The molecule has 1 heterocycles. The van der Waals surface area contributed by atoms with Gasteiger partial charge >= 0.3 is 0 Å². The van der Waals surface area contributed by atoms with Crippen molar-refractivity contribution in [2.45, 2.75) is 25.5 Å². The van der Waals surface area contributed by atoms with Crippen molar-refractivity contribution in [3.05, 3.63) is 23.8 Å². The Balaban J connectivity index is 2.12. The highest BCUT2D eigenvalue weighted by molar-refractivity contribution is 5.43. The van der Waals surface area contributed by atoms with E-state index in [1.165, 1.54) is 6.08 Å². The van der Waals surface area contributed by atoms with Crippen LogP contribution in [-0.4, -0.2) is 32.4 Å². The van der Waals surface area contributed by atoms with E-state index in [0.29, 0.717) is 18.0 Å². The van der Waals surface area contributed by atoms with Gasteiger partial charge in [0.1, 0.15) is 6.10 Å². The van der Waals surface area contributed by atoms with E-state index in [1.54, 1.807) is 7.11 Å². The Labute approximate surface area is 112 Å². The number of nitrogens with zero attached hydrogens (tertiary/aromatic N) is 1. The molecule has 0 aromatic heterocycles. The van der Waals surface area contributed by atoms with Crippen LogP contribution in [0.1, 0.15) is 18.4 Å². The third-order valence-electron chi connectivity index (χ3n) is 3.10. The second-order valence-corrected chi connectivity index (χ2v) is 4.48. The van der Waals surface area contributed by atoms with Crippen LogP contribution in [0.4, 0.5) is 0 Å². The third kappa shape index (κ3) is 3.81. The summed E-state index contributed by atoms with van der Waals surface area (Å²) in [5.74, 6) is 1.40. The van der Waals surface area contributed by atoms with Gasteiger partial charge in [-0.1, -0.05) is 6.07 Å². The van der Waals surface area contributed by atoms with Crippen molar-refractivity contribution in [3.63, 3.8) is 0 Å².